The van der Waals surface area contributed by atoms with Crippen LogP contribution >= 0.6 is 0 Å². The minimum Gasteiger partial charge on any atom is -0.467 e. The van der Waals surface area contributed by atoms with Crippen LogP contribution in [0.1, 0.15) is 42.5 Å². The molecule has 3 aromatic carbocycles. The van der Waals surface area contributed by atoms with Crippen molar-refractivity contribution in [3.63, 3.8) is 0 Å². The normalized spacial score (nSPS) is 12.6. The van der Waals surface area contributed by atoms with E-state index in [1.165, 1.54) is 7.11 Å². The first-order chi connectivity index (χ1) is 23.9. The highest BCUT2D eigenvalue weighted by atomic mass is 16.5. The zero-order valence-electron chi connectivity index (χ0n) is 27.4. The van der Waals surface area contributed by atoms with Crippen molar-refractivity contribution in [3.8, 4) is 17.4 Å². The van der Waals surface area contributed by atoms with Crippen LogP contribution in [-0.4, -0.2) is 72.8 Å². The largest absolute Gasteiger partial charge is 0.467 e. The number of carbonyl (C=O) groups excluding carboxylic acids is 3. The van der Waals surface area contributed by atoms with Crippen LogP contribution in [0.4, 0.5) is 33.5 Å². The summed E-state index contributed by atoms with van der Waals surface area (Å²) in [7, 11) is 1.51. The van der Waals surface area contributed by atoms with Gasteiger partial charge in [0.25, 0.3) is 5.91 Å². The zero-order chi connectivity index (χ0) is 34.4. The molecule has 1 saturated heterocycles. The Hall–Kier alpha value is -5.76. The number of para-hydroxylation sites is 2. The third-order valence-corrected chi connectivity index (χ3v) is 7.74. The lowest BCUT2D eigenvalue weighted by Crippen LogP contribution is -2.37. The fourth-order valence-corrected chi connectivity index (χ4v) is 5.06. The van der Waals surface area contributed by atoms with Crippen LogP contribution in [0.15, 0.2) is 72.8 Å². The Bertz CT molecular complexity index is 1710. The Morgan fingerprint density at radius 2 is 1.49 bits per heavy atom. The van der Waals surface area contributed by atoms with Crippen molar-refractivity contribution >= 4 is 46.5 Å². The molecule has 14 heteroatoms. The molecule has 2 heterocycles. The molecule has 0 saturated carbocycles. The van der Waals surface area contributed by atoms with E-state index in [1.807, 2.05) is 29.2 Å². The second kappa shape index (κ2) is 17.4. The van der Waals surface area contributed by atoms with Gasteiger partial charge in [-0.05, 0) is 73.5 Å². The Labute approximate surface area is 284 Å². The molecular weight excluding hydrogens is 626 g/mol. The topological polar surface area (TPSA) is 186 Å². The number of rotatable bonds is 14. The monoisotopic (exact) mass is 667 g/mol. The molecule has 1 aliphatic heterocycles. The van der Waals surface area contributed by atoms with Crippen LogP contribution in [0.2, 0.25) is 0 Å². The summed E-state index contributed by atoms with van der Waals surface area (Å²) in [5.41, 5.74) is 9.38. The minimum atomic E-state index is -0.428. The first-order valence-corrected chi connectivity index (χ1v) is 16.2. The lowest BCUT2D eigenvalue weighted by molar-refractivity contribution is -0.116. The molecule has 0 spiro atoms. The van der Waals surface area contributed by atoms with Crippen molar-refractivity contribution in [1.82, 2.24) is 20.3 Å². The number of methoxy groups -OCH3 is 1. The second-order valence-corrected chi connectivity index (χ2v) is 11.3. The van der Waals surface area contributed by atoms with Gasteiger partial charge in [0.1, 0.15) is 0 Å². The van der Waals surface area contributed by atoms with Gasteiger partial charge in [-0.1, -0.05) is 25.0 Å². The summed E-state index contributed by atoms with van der Waals surface area (Å²) in [6.45, 7) is 3.09. The van der Waals surface area contributed by atoms with E-state index in [4.69, 9.17) is 15.2 Å². The number of amides is 4. The van der Waals surface area contributed by atoms with Gasteiger partial charge in [0.05, 0.1) is 31.7 Å². The van der Waals surface area contributed by atoms with Crippen molar-refractivity contribution in [2.24, 2.45) is 0 Å². The van der Waals surface area contributed by atoms with Gasteiger partial charge in [-0.15, -0.1) is 0 Å². The molecule has 0 atom stereocenters. The molecule has 0 aliphatic carbocycles. The number of unbranched alkanes of at least 4 members (excludes halogenated alkanes) is 3. The maximum absolute atomic E-state index is 12.6. The molecule has 14 nitrogen and oxygen atoms in total. The molecule has 0 bridgehead atoms. The van der Waals surface area contributed by atoms with Crippen LogP contribution in [0.5, 0.6) is 6.01 Å². The third-order valence-electron chi connectivity index (χ3n) is 7.74. The molecule has 4 amide bonds. The van der Waals surface area contributed by atoms with Crippen LogP contribution < -0.4 is 36.6 Å². The summed E-state index contributed by atoms with van der Waals surface area (Å²) >= 11 is 0. The van der Waals surface area contributed by atoms with Gasteiger partial charge in [-0.3, -0.25) is 9.59 Å². The van der Waals surface area contributed by atoms with E-state index >= 15 is 0 Å². The van der Waals surface area contributed by atoms with Crippen molar-refractivity contribution < 1.29 is 23.9 Å². The average Bonchev–Trinajstić information content (AvgIpc) is 3.13. The second-order valence-electron chi connectivity index (χ2n) is 11.3. The number of nitrogens with one attached hydrogen (secondary N) is 4. The van der Waals surface area contributed by atoms with Gasteiger partial charge in [0.15, 0.2) is 5.82 Å². The lowest BCUT2D eigenvalue weighted by atomic mass is 10.1. The van der Waals surface area contributed by atoms with Gasteiger partial charge in [-0.25, -0.2) is 4.79 Å². The summed E-state index contributed by atoms with van der Waals surface area (Å²) in [4.78, 5) is 52.7. The molecule has 0 unspecified atom stereocenters. The van der Waals surface area contributed by atoms with E-state index in [0.717, 1.165) is 31.2 Å². The summed E-state index contributed by atoms with van der Waals surface area (Å²) in [6, 6.07) is 20.8. The van der Waals surface area contributed by atoms with Crippen LogP contribution in [0.3, 0.4) is 0 Å². The fraction of sp³-hybridized carbons (Fsp3) is 0.314. The van der Waals surface area contributed by atoms with Crippen LogP contribution in [0, 0.1) is 0 Å². The first kappa shape index (κ1) is 34.6. The van der Waals surface area contributed by atoms with Crippen molar-refractivity contribution in [2.75, 3.05) is 66.5 Å². The van der Waals surface area contributed by atoms with E-state index in [1.54, 1.807) is 48.5 Å². The minimum absolute atomic E-state index is 0.0621. The SMILES string of the molecule is COc1nc(-c2ccc(NC(=O)Nc3ccc(C(=O)NCCCCCCC(=O)Nc4ccccc4N)cc3)cc2)nc(N2CCOCC2)n1. The standard InChI is InChI=1S/C35H41N9O5/c1-48-35-42-31(41-33(43-35)44-20-22-49-23-21-44)24-11-15-26(16-12-24)38-34(47)39-27-17-13-25(14-18-27)32(46)37-19-7-3-2-4-10-30(45)40-29-9-6-5-8-28(29)36/h5-6,8-9,11-18H,2-4,7,10,19-23,36H2,1H3,(H,37,46)(H,40,45)(H2,38,39,47). The van der Waals surface area contributed by atoms with Gasteiger partial charge in [-0.2, -0.15) is 15.0 Å². The summed E-state index contributed by atoms with van der Waals surface area (Å²) in [6.07, 6.45) is 3.75. The molecular formula is C35H41N9O5. The van der Waals surface area contributed by atoms with E-state index in [0.29, 0.717) is 79.4 Å². The van der Waals surface area contributed by atoms with Gasteiger partial charge < -0.3 is 41.4 Å². The third kappa shape index (κ3) is 10.4. The number of urea groups is 1. The maximum atomic E-state index is 12.6. The Balaban J connectivity index is 1.01. The number of hydrogen-bond donors (Lipinski definition) is 5. The summed E-state index contributed by atoms with van der Waals surface area (Å²) in [5, 5.41) is 11.3. The van der Waals surface area contributed by atoms with Gasteiger partial charge in [0.2, 0.25) is 11.9 Å². The number of morpholine rings is 1. The first-order valence-electron chi connectivity index (χ1n) is 16.2. The molecule has 4 aromatic rings. The summed E-state index contributed by atoms with van der Waals surface area (Å²) in [5.74, 6) is 0.730. The van der Waals surface area contributed by atoms with Crippen LogP contribution in [0.25, 0.3) is 11.4 Å². The maximum Gasteiger partial charge on any atom is 0.323 e. The quantitative estimate of drug-likeness (QED) is 0.0912. The number of nitrogens with zero attached hydrogens (tertiary/aromatic N) is 4. The zero-order valence-corrected chi connectivity index (χ0v) is 27.4. The number of anilines is 5. The smallest absolute Gasteiger partial charge is 0.323 e. The van der Waals surface area contributed by atoms with E-state index in [2.05, 4.69) is 36.2 Å². The lowest BCUT2D eigenvalue weighted by Gasteiger charge is -2.26. The van der Waals surface area contributed by atoms with Gasteiger partial charge >= 0.3 is 12.0 Å². The van der Waals surface area contributed by atoms with E-state index in [-0.39, 0.29) is 17.8 Å². The Kier molecular flexibility index (Phi) is 12.3. The Morgan fingerprint density at radius 3 is 2.18 bits per heavy atom. The van der Waals surface area contributed by atoms with Gasteiger partial charge in [0, 0.05) is 48.6 Å². The number of benzene rings is 3. The molecule has 256 valence electrons. The number of carbonyl (C=O) groups is 3. The summed E-state index contributed by atoms with van der Waals surface area (Å²) < 4.78 is 10.7. The Morgan fingerprint density at radius 1 is 0.816 bits per heavy atom. The molecule has 1 aromatic heterocycles. The average molecular weight is 668 g/mol. The fourth-order valence-electron chi connectivity index (χ4n) is 5.06. The van der Waals surface area contributed by atoms with Crippen molar-refractivity contribution in [3.05, 3.63) is 78.4 Å². The number of ether oxygens (including phenoxy) is 2. The number of hydrogen-bond acceptors (Lipinski definition) is 10. The highest BCUT2D eigenvalue weighted by molar-refractivity contribution is 6.00. The molecule has 0 radical (unpaired) electrons. The predicted molar refractivity (Wildman–Crippen MR) is 189 cm³/mol. The highest BCUT2D eigenvalue weighted by Crippen LogP contribution is 2.23. The van der Waals surface area contributed by atoms with Crippen molar-refractivity contribution in [2.45, 2.75) is 32.1 Å². The number of nitrogen functional groups attached to an aromatic ring is 1. The molecule has 1 fully saturated rings. The molecule has 6 N–H and O–H groups in total. The van der Waals surface area contributed by atoms with E-state index < -0.39 is 6.03 Å². The van der Waals surface area contributed by atoms with Crippen LogP contribution in [-0.2, 0) is 9.53 Å². The number of aromatic nitrogens is 3. The number of nitrogens with two attached hydrogens (primary N) is 1. The molecule has 5 rings (SSSR count). The highest BCUT2D eigenvalue weighted by Gasteiger charge is 2.18. The predicted octanol–water partition coefficient (Wildman–Crippen LogP) is 4.93. The molecule has 1 aliphatic rings. The van der Waals surface area contributed by atoms with Crippen molar-refractivity contribution in [1.29, 1.82) is 0 Å². The van der Waals surface area contributed by atoms with E-state index in [9.17, 15) is 14.4 Å². The molecule has 49 heavy (non-hydrogen) atoms.